The summed E-state index contributed by atoms with van der Waals surface area (Å²) in [5, 5.41) is 13.1. The van der Waals surface area contributed by atoms with Crippen molar-refractivity contribution in [2.45, 2.75) is 51.6 Å². The Morgan fingerprint density at radius 2 is 1.75 bits per heavy atom. The third kappa shape index (κ3) is 3.66. The van der Waals surface area contributed by atoms with Crippen LogP contribution in [0.1, 0.15) is 45.4 Å². The van der Waals surface area contributed by atoms with E-state index < -0.39 is 0 Å². The Bertz CT molecular complexity index is 330. The number of aliphatic imine (C=N–C) groups is 1. The average Bonchev–Trinajstić information content (AvgIpc) is 3.32. The standard InChI is InChI=1S/C16H29N3O/c1-2-17-16(19-9-7-14(20)8-10-19)18-11-15(12-3-4-12)13-5-6-13/h12-15,20H,2-11H2,1H3,(H,17,18). The highest BCUT2D eigenvalue weighted by Gasteiger charge is 2.41. The Kier molecular flexibility index (Phi) is 4.49. The predicted molar refractivity (Wildman–Crippen MR) is 81.7 cm³/mol. The van der Waals surface area contributed by atoms with Gasteiger partial charge in [0.15, 0.2) is 5.96 Å². The van der Waals surface area contributed by atoms with E-state index in [2.05, 4.69) is 17.1 Å². The van der Waals surface area contributed by atoms with Crippen LogP contribution in [0.3, 0.4) is 0 Å². The molecule has 1 aliphatic heterocycles. The first-order valence-corrected chi connectivity index (χ1v) is 8.49. The van der Waals surface area contributed by atoms with Gasteiger partial charge >= 0.3 is 0 Å². The highest BCUT2D eigenvalue weighted by Crippen LogP contribution is 2.49. The van der Waals surface area contributed by atoms with Crippen LogP contribution in [0.5, 0.6) is 0 Å². The molecule has 3 rings (SSSR count). The van der Waals surface area contributed by atoms with Crippen LogP contribution in [0.4, 0.5) is 0 Å². The summed E-state index contributed by atoms with van der Waals surface area (Å²) in [6, 6.07) is 0. The minimum Gasteiger partial charge on any atom is -0.393 e. The number of hydrogen-bond acceptors (Lipinski definition) is 2. The summed E-state index contributed by atoms with van der Waals surface area (Å²) in [6.45, 7) is 5.94. The van der Waals surface area contributed by atoms with Crippen LogP contribution in [0.15, 0.2) is 4.99 Å². The summed E-state index contributed by atoms with van der Waals surface area (Å²) >= 11 is 0. The molecule has 114 valence electrons. The summed E-state index contributed by atoms with van der Waals surface area (Å²) in [5.41, 5.74) is 0. The Morgan fingerprint density at radius 3 is 2.25 bits per heavy atom. The Morgan fingerprint density at radius 1 is 1.15 bits per heavy atom. The lowest BCUT2D eigenvalue weighted by Crippen LogP contribution is -2.46. The smallest absolute Gasteiger partial charge is 0.193 e. The zero-order valence-corrected chi connectivity index (χ0v) is 12.7. The van der Waals surface area contributed by atoms with Gasteiger partial charge in [-0.15, -0.1) is 0 Å². The second-order valence-corrected chi connectivity index (χ2v) is 6.75. The molecule has 0 aromatic carbocycles. The van der Waals surface area contributed by atoms with Gasteiger partial charge in [0.2, 0.25) is 0 Å². The summed E-state index contributed by atoms with van der Waals surface area (Å²) in [7, 11) is 0. The lowest BCUT2D eigenvalue weighted by Gasteiger charge is -2.32. The first-order chi connectivity index (χ1) is 9.78. The number of hydrogen-bond donors (Lipinski definition) is 2. The molecule has 0 unspecified atom stereocenters. The quantitative estimate of drug-likeness (QED) is 0.596. The average molecular weight is 279 g/mol. The van der Waals surface area contributed by atoms with Crippen LogP contribution in [0.2, 0.25) is 0 Å². The van der Waals surface area contributed by atoms with Crippen molar-refractivity contribution < 1.29 is 5.11 Å². The number of guanidine groups is 1. The summed E-state index contributed by atoms with van der Waals surface area (Å²) in [6.07, 6.45) is 7.37. The maximum Gasteiger partial charge on any atom is 0.193 e. The van der Waals surface area contributed by atoms with Crippen molar-refractivity contribution in [1.82, 2.24) is 10.2 Å². The lowest BCUT2D eigenvalue weighted by molar-refractivity contribution is 0.108. The molecule has 2 saturated carbocycles. The molecule has 1 saturated heterocycles. The van der Waals surface area contributed by atoms with Gasteiger partial charge in [0, 0.05) is 26.2 Å². The number of likely N-dealkylation sites (tertiary alicyclic amines) is 1. The molecule has 0 atom stereocenters. The molecule has 4 nitrogen and oxygen atoms in total. The van der Waals surface area contributed by atoms with Crippen LogP contribution in [0, 0.1) is 17.8 Å². The Hall–Kier alpha value is -0.770. The van der Waals surface area contributed by atoms with Crippen molar-refractivity contribution in [1.29, 1.82) is 0 Å². The van der Waals surface area contributed by atoms with Crippen molar-refractivity contribution in [3.63, 3.8) is 0 Å². The number of nitrogens with zero attached hydrogens (tertiary/aromatic N) is 2. The number of aliphatic hydroxyl groups excluding tert-OH is 1. The fourth-order valence-corrected chi connectivity index (χ4v) is 3.43. The Balaban J connectivity index is 1.58. The molecule has 0 spiro atoms. The molecule has 3 fully saturated rings. The van der Waals surface area contributed by atoms with Crippen LogP contribution >= 0.6 is 0 Å². The van der Waals surface area contributed by atoms with Gasteiger partial charge in [0.1, 0.15) is 0 Å². The third-order valence-electron chi connectivity index (χ3n) is 5.01. The maximum absolute atomic E-state index is 9.63. The topological polar surface area (TPSA) is 47.9 Å². The largest absolute Gasteiger partial charge is 0.393 e. The van der Waals surface area contributed by atoms with Gasteiger partial charge < -0.3 is 15.3 Å². The van der Waals surface area contributed by atoms with Crippen molar-refractivity contribution >= 4 is 5.96 Å². The van der Waals surface area contributed by atoms with Gasteiger partial charge in [0.05, 0.1) is 6.10 Å². The van der Waals surface area contributed by atoms with Crippen LogP contribution in [-0.2, 0) is 0 Å². The second kappa shape index (κ2) is 6.33. The first-order valence-electron chi connectivity index (χ1n) is 8.49. The molecular formula is C16H29N3O. The Labute approximate surface area is 122 Å². The third-order valence-corrected chi connectivity index (χ3v) is 5.01. The fraction of sp³-hybridized carbons (Fsp3) is 0.938. The van der Waals surface area contributed by atoms with Crippen LogP contribution in [-0.4, -0.2) is 48.2 Å². The minimum absolute atomic E-state index is 0.111. The molecule has 3 aliphatic rings. The van der Waals surface area contributed by atoms with Gasteiger partial charge in [-0.25, -0.2) is 0 Å². The van der Waals surface area contributed by atoms with Gasteiger partial charge in [-0.2, -0.15) is 0 Å². The van der Waals surface area contributed by atoms with E-state index in [1.165, 1.54) is 25.7 Å². The van der Waals surface area contributed by atoms with E-state index in [0.717, 1.165) is 62.7 Å². The van der Waals surface area contributed by atoms with Crippen molar-refractivity contribution in [3.8, 4) is 0 Å². The zero-order chi connectivity index (χ0) is 13.9. The summed E-state index contributed by atoms with van der Waals surface area (Å²) < 4.78 is 0. The SMILES string of the molecule is CCNC(=NCC(C1CC1)C1CC1)N1CCC(O)CC1. The van der Waals surface area contributed by atoms with Gasteiger partial charge in [-0.05, 0) is 63.2 Å². The maximum atomic E-state index is 9.63. The molecule has 0 bridgehead atoms. The van der Waals surface area contributed by atoms with E-state index in [0.29, 0.717) is 0 Å². The van der Waals surface area contributed by atoms with E-state index in [4.69, 9.17) is 4.99 Å². The molecular weight excluding hydrogens is 250 g/mol. The van der Waals surface area contributed by atoms with E-state index in [1.54, 1.807) is 0 Å². The van der Waals surface area contributed by atoms with Crippen molar-refractivity contribution in [2.75, 3.05) is 26.2 Å². The van der Waals surface area contributed by atoms with Crippen LogP contribution in [0.25, 0.3) is 0 Å². The molecule has 2 N–H and O–H groups in total. The van der Waals surface area contributed by atoms with Gasteiger partial charge in [-0.3, -0.25) is 4.99 Å². The lowest BCUT2D eigenvalue weighted by atomic mass is 9.98. The monoisotopic (exact) mass is 279 g/mol. The molecule has 20 heavy (non-hydrogen) atoms. The highest BCUT2D eigenvalue weighted by molar-refractivity contribution is 5.80. The predicted octanol–water partition coefficient (Wildman–Crippen LogP) is 1.84. The summed E-state index contributed by atoms with van der Waals surface area (Å²) in [4.78, 5) is 7.26. The second-order valence-electron chi connectivity index (χ2n) is 6.75. The van der Waals surface area contributed by atoms with Crippen molar-refractivity contribution in [3.05, 3.63) is 0 Å². The fourth-order valence-electron chi connectivity index (χ4n) is 3.43. The molecule has 2 aliphatic carbocycles. The van der Waals surface area contributed by atoms with E-state index in [-0.39, 0.29) is 6.10 Å². The number of rotatable bonds is 5. The van der Waals surface area contributed by atoms with Crippen LogP contribution < -0.4 is 5.32 Å². The molecule has 0 amide bonds. The zero-order valence-electron chi connectivity index (χ0n) is 12.7. The summed E-state index contributed by atoms with van der Waals surface area (Å²) in [5.74, 6) is 3.86. The number of aliphatic hydroxyl groups is 1. The molecule has 4 heteroatoms. The molecule has 1 heterocycles. The van der Waals surface area contributed by atoms with E-state index in [9.17, 15) is 5.11 Å². The van der Waals surface area contributed by atoms with E-state index >= 15 is 0 Å². The normalized spacial score (nSPS) is 25.4. The number of nitrogens with one attached hydrogen (secondary N) is 1. The van der Waals surface area contributed by atoms with E-state index in [1.807, 2.05) is 0 Å². The van der Waals surface area contributed by atoms with Gasteiger partial charge in [0.25, 0.3) is 0 Å². The number of piperidine rings is 1. The highest BCUT2D eigenvalue weighted by atomic mass is 16.3. The van der Waals surface area contributed by atoms with Gasteiger partial charge in [-0.1, -0.05) is 0 Å². The van der Waals surface area contributed by atoms with Crippen molar-refractivity contribution in [2.24, 2.45) is 22.7 Å². The molecule has 0 radical (unpaired) electrons. The first kappa shape index (κ1) is 14.2. The molecule has 0 aromatic rings. The molecule has 0 aromatic heterocycles. The minimum atomic E-state index is -0.111.